The Kier molecular flexibility index (Phi) is 4.63. The molecule has 4 amide bonds. The number of benzene rings is 2. The molecule has 0 unspecified atom stereocenters. The quantitative estimate of drug-likeness (QED) is 0.617. The van der Waals surface area contributed by atoms with E-state index in [1.54, 1.807) is 24.3 Å². The first-order chi connectivity index (χ1) is 15.4. The van der Waals surface area contributed by atoms with Crippen LogP contribution in [0.3, 0.4) is 0 Å². The second kappa shape index (κ2) is 7.27. The molecule has 1 spiro atoms. The standard InChI is InChI=1S/C24H24N4O4/c1-13(14-7-3-2-4-8-14)28-21(30)19-17(11-12-18(25)29)27-24(20(19)22(28)31)15-9-5-6-10-16(15)26-23(24)32/h2-10,13,17,19-20,27H,11-12H2,1H3,(H2,25,29)(H,26,32)/t13-,17-,19+,20+,24-/m1/s1. The van der Waals surface area contributed by atoms with Gasteiger partial charge in [0.1, 0.15) is 5.54 Å². The minimum Gasteiger partial charge on any atom is -0.370 e. The van der Waals surface area contributed by atoms with Crippen molar-refractivity contribution in [1.82, 2.24) is 10.2 Å². The summed E-state index contributed by atoms with van der Waals surface area (Å²) in [4.78, 5) is 53.6. The largest absolute Gasteiger partial charge is 0.370 e. The first-order valence-electron chi connectivity index (χ1n) is 10.7. The third-order valence-corrected chi connectivity index (χ3v) is 7.03. The summed E-state index contributed by atoms with van der Waals surface area (Å²) in [5.41, 5.74) is 6.11. The zero-order valence-corrected chi connectivity index (χ0v) is 17.6. The second-order valence-corrected chi connectivity index (χ2v) is 8.70. The highest BCUT2D eigenvalue weighted by molar-refractivity contribution is 6.15. The van der Waals surface area contributed by atoms with Crippen molar-refractivity contribution in [1.29, 1.82) is 0 Å². The van der Waals surface area contributed by atoms with Crippen molar-refractivity contribution < 1.29 is 19.2 Å². The maximum atomic E-state index is 13.8. The fourth-order valence-electron chi connectivity index (χ4n) is 5.59. The Hall–Kier alpha value is -3.52. The predicted molar refractivity (Wildman–Crippen MR) is 116 cm³/mol. The number of fused-ring (bicyclic) bond motifs is 4. The van der Waals surface area contributed by atoms with Crippen LogP contribution in [0.15, 0.2) is 54.6 Å². The lowest BCUT2D eigenvalue weighted by molar-refractivity contribution is -0.145. The van der Waals surface area contributed by atoms with Gasteiger partial charge in [-0.15, -0.1) is 0 Å². The van der Waals surface area contributed by atoms with Crippen LogP contribution < -0.4 is 16.4 Å². The van der Waals surface area contributed by atoms with Gasteiger partial charge in [-0.05, 0) is 25.0 Å². The molecule has 2 aromatic rings. The highest BCUT2D eigenvalue weighted by Gasteiger charge is 2.70. The number of rotatable bonds is 5. The van der Waals surface area contributed by atoms with Gasteiger partial charge in [0.2, 0.25) is 23.6 Å². The molecule has 3 aliphatic heterocycles. The SMILES string of the molecule is C[C@H](c1ccccc1)N1C(=O)[C@@H]2[C@@H](C1=O)[C@@]1(N[C@@H]2CCC(N)=O)C(=O)Nc2ccccc21. The minimum atomic E-state index is -1.36. The number of primary amides is 1. The van der Waals surface area contributed by atoms with Crippen LogP contribution in [-0.4, -0.2) is 34.6 Å². The molecular formula is C24H24N4O4. The van der Waals surface area contributed by atoms with Crippen LogP contribution in [0.2, 0.25) is 0 Å². The van der Waals surface area contributed by atoms with Gasteiger partial charge in [-0.2, -0.15) is 0 Å². The molecule has 3 aliphatic rings. The third-order valence-electron chi connectivity index (χ3n) is 7.03. The fraction of sp³-hybridized carbons (Fsp3) is 0.333. The van der Waals surface area contributed by atoms with Crippen molar-refractivity contribution in [2.45, 2.75) is 37.4 Å². The lowest BCUT2D eigenvalue weighted by Crippen LogP contribution is -2.53. The van der Waals surface area contributed by atoms with Crippen LogP contribution in [0, 0.1) is 11.8 Å². The molecule has 0 saturated carbocycles. The topological polar surface area (TPSA) is 122 Å². The summed E-state index contributed by atoms with van der Waals surface area (Å²) < 4.78 is 0. The number of nitrogens with one attached hydrogen (secondary N) is 2. The fourth-order valence-corrected chi connectivity index (χ4v) is 5.59. The average molecular weight is 432 g/mol. The number of nitrogens with zero attached hydrogens (tertiary/aromatic N) is 1. The van der Waals surface area contributed by atoms with Crippen LogP contribution in [0.4, 0.5) is 5.69 Å². The predicted octanol–water partition coefficient (Wildman–Crippen LogP) is 1.43. The number of amides is 4. The van der Waals surface area contributed by atoms with E-state index in [1.807, 2.05) is 37.3 Å². The maximum Gasteiger partial charge on any atom is 0.250 e. The van der Waals surface area contributed by atoms with Gasteiger partial charge in [0.05, 0.1) is 17.9 Å². The summed E-state index contributed by atoms with van der Waals surface area (Å²) in [5, 5.41) is 6.17. The normalized spacial score (nSPS) is 29.2. The molecule has 164 valence electrons. The van der Waals surface area contributed by atoms with Crippen LogP contribution in [0.5, 0.6) is 0 Å². The van der Waals surface area contributed by atoms with Crippen LogP contribution in [0.25, 0.3) is 0 Å². The van der Waals surface area contributed by atoms with Gasteiger partial charge in [-0.1, -0.05) is 48.5 Å². The number of hydrogen-bond acceptors (Lipinski definition) is 5. The molecule has 4 N–H and O–H groups in total. The molecule has 32 heavy (non-hydrogen) atoms. The van der Waals surface area contributed by atoms with Gasteiger partial charge in [0.15, 0.2) is 0 Å². The molecule has 0 bridgehead atoms. The summed E-state index contributed by atoms with van der Waals surface area (Å²) in [7, 11) is 0. The molecule has 2 saturated heterocycles. The van der Waals surface area contributed by atoms with E-state index in [9.17, 15) is 19.2 Å². The van der Waals surface area contributed by atoms with Gasteiger partial charge in [0, 0.05) is 23.7 Å². The lowest BCUT2D eigenvalue weighted by atomic mass is 9.76. The van der Waals surface area contributed by atoms with Gasteiger partial charge in [-0.25, -0.2) is 0 Å². The summed E-state index contributed by atoms with van der Waals surface area (Å²) >= 11 is 0. The molecule has 8 nitrogen and oxygen atoms in total. The van der Waals surface area contributed by atoms with Crippen molar-refractivity contribution in [3.8, 4) is 0 Å². The second-order valence-electron chi connectivity index (χ2n) is 8.70. The number of carbonyl (C=O) groups excluding carboxylic acids is 4. The first-order valence-corrected chi connectivity index (χ1v) is 10.7. The number of nitrogens with two attached hydrogens (primary N) is 1. The Morgan fingerprint density at radius 1 is 1.06 bits per heavy atom. The van der Waals surface area contributed by atoms with Crippen LogP contribution in [0.1, 0.15) is 36.9 Å². The summed E-state index contributed by atoms with van der Waals surface area (Å²) in [6.45, 7) is 1.81. The number of imide groups is 1. The lowest BCUT2D eigenvalue weighted by Gasteiger charge is -2.31. The molecule has 5 atom stereocenters. The van der Waals surface area contributed by atoms with Crippen molar-refractivity contribution in [3.63, 3.8) is 0 Å². The van der Waals surface area contributed by atoms with Gasteiger partial charge < -0.3 is 11.1 Å². The highest BCUT2D eigenvalue weighted by atomic mass is 16.2. The van der Waals surface area contributed by atoms with Crippen molar-refractivity contribution in [2.75, 3.05) is 5.32 Å². The highest BCUT2D eigenvalue weighted by Crippen LogP contribution is 2.54. The molecule has 3 heterocycles. The smallest absolute Gasteiger partial charge is 0.250 e. The summed E-state index contributed by atoms with van der Waals surface area (Å²) in [6.07, 6.45) is 0.316. The Morgan fingerprint density at radius 2 is 1.75 bits per heavy atom. The van der Waals surface area contributed by atoms with Crippen molar-refractivity contribution in [3.05, 3.63) is 65.7 Å². The van der Waals surface area contributed by atoms with E-state index in [4.69, 9.17) is 5.73 Å². The van der Waals surface area contributed by atoms with E-state index in [-0.39, 0.29) is 30.6 Å². The molecule has 5 rings (SSSR count). The average Bonchev–Trinajstić information content (AvgIpc) is 3.37. The number of hydrogen-bond donors (Lipinski definition) is 3. The van der Waals surface area contributed by atoms with E-state index in [0.717, 1.165) is 5.56 Å². The molecule has 2 aromatic carbocycles. The monoisotopic (exact) mass is 432 g/mol. The maximum absolute atomic E-state index is 13.8. The van der Waals surface area contributed by atoms with Gasteiger partial charge >= 0.3 is 0 Å². The Bertz CT molecular complexity index is 1130. The molecule has 2 fully saturated rings. The zero-order valence-electron chi connectivity index (χ0n) is 17.6. The summed E-state index contributed by atoms with van der Waals surface area (Å²) in [5.74, 6) is -3.21. The molecule has 0 aromatic heterocycles. The van der Waals surface area contributed by atoms with E-state index >= 15 is 0 Å². The van der Waals surface area contributed by atoms with E-state index in [0.29, 0.717) is 11.3 Å². The van der Waals surface area contributed by atoms with Crippen LogP contribution >= 0.6 is 0 Å². The summed E-state index contributed by atoms with van der Waals surface area (Å²) in [6, 6.07) is 15.5. The van der Waals surface area contributed by atoms with E-state index in [2.05, 4.69) is 10.6 Å². The zero-order chi connectivity index (χ0) is 22.6. The Balaban J connectivity index is 1.61. The van der Waals surface area contributed by atoms with Crippen molar-refractivity contribution >= 4 is 29.3 Å². The number of carbonyl (C=O) groups is 4. The molecule has 8 heteroatoms. The Morgan fingerprint density at radius 3 is 2.47 bits per heavy atom. The minimum absolute atomic E-state index is 0.0515. The first kappa shape index (κ1) is 20.4. The van der Waals surface area contributed by atoms with Gasteiger partial charge in [-0.3, -0.25) is 29.4 Å². The Labute approximate surface area is 185 Å². The van der Waals surface area contributed by atoms with Crippen LogP contribution in [-0.2, 0) is 24.7 Å². The number of likely N-dealkylation sites (tertiary alicyclic amines) is 1. The molecular weight excluding hydrogens is 408 g/mol. The number of anilines is 1. The van der Waals surface area contributed by atoms with Gasteiger partial charge in [0.25, 0.3) is 0 Å². The van der Waals surface area contributed by atoms with Crippen molar-refractivity contribution in [2.24, 2.45) is 17.6 Å². The van der Waals surface area contributed by atoms with E-state index in [1.165, 1.54) is 4.90 Å². The molecule has 0 radical (unpaired) electrons. The number of para-hydroxylation sites is 1. The van der Waals surface area contributed by atoms with E-state index < -0.39 is 35.4 Å². The third kappa shape index (κ3) is 2.72. The molecule has 0 aliphatic carbocycles.